The lowest BCUT2D eigenvalue weighted by Crippen LogP contribution is -2.38. The van der Waals surface area contributed by atoms with Gasteiger partial charge < -0.3 is 4.48 Å². The molecule has 0 saturated carbocycles. The van der Waals surface area contributed by atoms with Crippen LogP contribution in [0.15, 0.2) is 42.5 Å². The SMILES string of the molecule is Cc1cc(C)c(C[N+](C)(C)Cc2ccccc2)c(C)c1. The molecule has 0 aliphatic carbocycles. The van der Waals surface area contributed by atoms with Gasteiger partial charge in [-0.05, 0) is 31.9 Å². The molecule has 0 atom stereocenters. The first-order valence-electron chi connectivity index (χ1n) is 7.30. The van der Waals surface area contributed by atoms with Gasteiger partial charge in [-0.15, -0.1) is 0 Å². The number of rotatable bonds is 4. The Morgan fingerprint density at radius 1 is 0.800 bits per heavy atom. The van der Waals surface area contributed by atoms with Crippen LogP contribution in [0.1, 0.15) is 27.8 Å². The Bertz CT molecular complexity index is 559. The first kappa shape index (κ1) is 14.8. The summed E-state index contributed by atoms with van der Waals surface area (Å²) in [5.74, 6) is 0. The highest BCUT2D eigenvalue weighted by Gasteiger charge is 2.19. The number of benzene rings is 2. The quantitative estimate of drug-likeness (QED) is 0.722. The van der Waals surface area contributed by atoms with Crippen molar-refractivity contribution in [3.05, 3.63) is 70.3 Å². The van der Waals surface area contributed by atoms with Gasteiger partial charge in [0.15, 0.2) is 0 Å². The fourth-order valence-corrected chi connectivity index (χ4v) is 3.02. The fraction of sp³-hybridized carbons (Fsp3) is 0.368. The van der Waals surface area contributed by atoms with Crippen molar-refractivity contribution in [2.45, 2.75) is 33.9 Å². The predicted octanol–water partition coefficient (Wildman–Crippen LogP) is 4.39. The molecule has 0 heterocycles. The second-order valence-corrected chi connectivity index (χ2v) is 6.61. The molecule has 0 aliphatic rings. The van der Waals surface area contributed by atoms with Gasteiger partial charge in [0.25, 0.3) is 0 Å². The summed E-state index contributed by atoms with van der Waals surface area (Å²) >= 11 is 0. The predicted molar refractivity (Wildman–Crippen MR) is 86.6 cm³/mol. The van der Waals surface area contributed by atoms with E-state index in [0.717, 1.165) is 17.6 Å². The van der Waals surface area contributed by atoms with Crippen molar-refractivity contribution in [3.63, 3.8) is 0 Å². The highest BCUT2D eigenvalue weighted by atomic mass is 15.3. The van der Waals surface area contributed by atoms with Crippen LogP contribution < -0.4 is 0 Å². The Morgan fingerprint density at radius 2 is 1.35 bits per heavy atom. The summed E-state index contributed by atoms with van der Waals surface area (Å²) in [4.78, 5) is 0. The molecule has 0 fully saturated rings. The van der Waals surface area contributed by atoms with E-state index in [9.17, 15) is 0 Å². The highest BCUT2D eigenvalue weighted by molar-refractivity contribution is 5.36. The minimum atomic E-state index is 0.981. The fourth-order valence-electron chi connectivity index (χ4n) is 3.02. The third-order valence-corrected chi connectivity index (χ3v) is 3.88. The Morgan fingerprint density at radius 3 is 1.90 bits per heavy atom. The van der Waals surface area contributed by atoms with E-state index in [-0.39, 0.29) is 0 Å². The standard InChI is InChI=1S/C19H26N/c1-15-11-16(2)19(17(3)12-15)14-20(4,5)13-18-9-7-6-8-10-18/h6-12H,13-14H2,1-5H3/q+1. The molecule has 0 bridgehead atoms. The summed E-state index contributed by atoms with van der Waals surface area (Å²) in [5, 5.41) is 0. The number of quaternary nitrogens is 1. The van der Waals surface area contributed by atoms with Gasteiger partial charge in [-0.2, -0.15) is 0 Å². The molecule has 0 spiro atoms. The van der Waals surface area contributed by atoms with Crippen molar-refractivity contribution in [3.8, 4) is 0 Å². The molecule has 0 radical (unpaired) electrons. The normalized spacial score (nSPS) is 11.7. The minimum Gasteiger partial charge on any atom is -0.321 e. The van der Waals surface area contributed by atoms with E-state index in [1.807, 2.05) is 0 Å². The maximum Gasteiger partial charge on any atom is 0.105 e. The third kappa shape index (κ3) is 3.71. The number of nitrogens with zero attached hydrogens (tertiary/aromatic N) is 1. The molecule has 0 N–H and O–H groups in total. The van der Waals surface area contributed by atoms with Gasteiger partial charge in [0, 0.05) is 11.1 Å². The van der Waals surface area contributed by atoms with Gasteiger partial charge in [0.2, 0.25) is 0 Å². The van der Waals surface area contributed by atoms with Crippen LogP contribution in [-0.4, -0.2) is 18.6 Å². The van der Waals surface area contributed by atoms with E-state index >= 15 is 0 Å². The molecule has 0 unspecified atom stereocenters. The number of hydrogen-bond acceptors (Lipinski definition) is 0. The van der Waals surface area contributed by atoms with Crippen LogP contribution in [0.5, 0.6) is 0 Å². The Labute approximate surface area is 123 Å². The molecule has 20 heavy (non-hydrogen) atoms. The molecule has 1 heteroatoms. The van der Waals surface area contributed by atoms with Crippen LogP contribution in [0, 0.1) is 20.8 Å². The van der Waals surface area contributed by atoms with Crippen molar-refractivity contribution in [2.24, 2.45) is 0 Å². The summed E-state index contributed by atoms with van der Waals surface area (Å²) in [6, 6.07) is 15.4. The zero-order chi connectivity index (χ0) is 14.8. The van der Waals surface area contributed by atoms with Crippen LogP contribution in [0.2, 0.25) is 0 Å². The molecule has 0 aromatic heterocycles. The largest absolute Gasteiger partial charge is 0.321 e. The summed E-state index contributed by atoms with van der Waals surface area (Å²) < 4.78 is 0.981. The molecular weight excluding hydrogens is 242 g/mol. The monoisotopic (exact) mass is 268 g/mol. The van der Waals surface area contributed by atoms with Gasteiger partial charge in [0.1, 0.15) is 13.1 Å². The molecule has 1 nitrogen and oxygen atoms in total. The molecule has 0 saturated heterocycles. The zero-order valence-corrected chi connectivity index (χ0v) is 13.4. The van der Waals surface area contributed by atoms with E-state index in [0.29, 0.717) is 0 Å². The van der Waals surface area contributed by atoms with Crippen LogP contribution in [0.4, 0.5) is 0 Å². The first-order valence-corrected chi connectivity index (χ1v) is 7.30. The average molecular weight is 268 g/mol. The molecule has 2 aromatic carbocycles. The summed E-state index contributed by atoms with van der Waals surface area (Å²) in [7, 11) is 4.62. The van der Waals surface area contributed by atoms with Gasteiger partial charge >= 0.3 is 0 Å². The molecule has 106 valence electrons. The maximum absolute atomic E-state index is 2.31. The summed E-state index contributed by atoms with van der Waals surface area (Å²) in [5.41, 5.74) is 7.09. The molecule has 2 aromatic rings. The minimum absolute atomic E-state index is 0.981. The van der Waals surface area contributed by atoms with Gasteiger partial charge in [-0.1, -0.05) is 48.0 Å². The van der Waals surface area contributed by atoms with Crippen LogP contribution in [0.25, 0.3) is 0 Å². The van der Waals surface area contributed by atoms with E-state index in [4.69, 9.17) is 0 Å². The van der Waals surface area contributed by atoms with Gasteiger partial charge in [-0.25, -0.2) is 0 Å². The summed E-state index contributed by atoms with van der Waals surface area (Å²) in [6.07, 6.45) is 0. The first-order chi connectivity index (χ1) is 9.37. The van der Waals surface area contributed by atoms with E-state index < -0.39 is 0 Å². The van der Waals surface area contributed by atoms with Crippen molar-refractivity contribution in [2.75, 3.05) is 14.1 Å². The lowest BCUT2D eigenvalue weighted by molar-refractivity contribution is -0.916. The molecular formula is C19H26N+. The third-order valence-electron chi connectivity index (χ3n) is 3.88. The average Bonchev–Trinajstić information content (AvgIpc) is 2.34. The number of aryl methyl sites for hydroxylation is 3. The van der Waals surface area contributed by atoms with Crippen LogP contribution in [-0.2, 0) is 13.1 Å². The van der Waals surface area contributed by atoms with Crippen LogP contribution >= 0.6 is 0 Å². The van der Waals surface area contributed by atoms with Crippen molar-refractivity contribution < 1.29 is 4.48 Å². The van der Waals surface area contributed by atoms with Gasteiger partial charge in [-0.3, -0.25) is 0 Å². The van der Waals surface area contributed by atoms with E-state index in [1.54, 1.807) is 0 Å². The van der Waals surface area contributed by atoms with Crippen molar-refractivity contribution in [1.29, 1.82) is 0 Å². The van der Waals surface area contributed by atoms with Crippen LogP contribution in [0.3, 0.4) is 0 Å². The topological polar surface area (TPSA) is 0 Å². The zero-order valence-electron chi connectivity index (χ0n) is 13.4. The second-order valence-electron chi connectivity index (χ2n) is 6.61. The molecule has 0 amide bonds. The Kier molecular flexibility index (Phi) is 4.29. The van der Waals surface area contributed by atoms with E-state index in [2.05, 4.69) is 77.3 Å². The number of hydrogen-bond donors (Lipinski definition) is 0. The highest BCUT2D eigenvalue weighted by Crippen LogP contribution is 2.22. The van der Waals surface area contributed by atoms with Gasteiger partial charge in [0.05, 0.1) is 14.1 Å². The lowest BCUT2D eigenvalue weighted by Gasteiger charge is -2.31. The summed E-state index contributed by atoms with van der Waals surface area (Å²) in [6.45, 7) is 8.78. The lowest BCUT2D eigenvalue weighted by atomic mass is 9.98. The molecule has 0 aliphatic heterocycles. The Hall–Kier alpha value is -1.60. The second kappa shape index (κ2) is 5.80. The van der Waals surface area contributed by atoms with E-state index in [1.165, 1.54) is 27.8 Å². The van der Waals surface area contributed by atoms with Crippen molar-refractivity contribution >= 4 is 0 Å². The smallest absolute Gasteiger partial charge is 0.105 e. The maximum atomic E-state index is 2.31. The van der Waals surface area contributed by atoms with Crippen molar-refractivity contribution in [1.82, 2.24) is 0 Å². The Balaban J connectivity index is 2.20. The molecule has 2 rings (SSSR count).